The van der Waals surface area contributed by atoms with Gasteiger partial charge in [0.1, 0.15) is 5.82 Å². The van der Waals surface area contributed by atoms with Crippen LogP contribution in [-0.4, -0.2) is 37.4 Å². The van der Waals surface area contributed by atoms with Crippen LogP contribution in [0.15, 0.2) is 40.9 Å². The Bertz CT molecular complexity index is 1060. The van der Waals surface area contributed by atoms with E-state index in [-0.39, 0.29) is 23.0 Å². The molecule has 5 rings (SSSR count). The first kappa shape index (κ1) is 18.8. The van der Waals surface area contributed by atoms with Crippen LogP contribution in [0.2, 0.25) is 0 Å². The number of amides is 1. The molecule has 0 N–H and O–H groups in total. The lowest BCUT2D eigenvalue weighted by atomic mass is 10.1. The van der Waals surface area contributed by atoms with E-state index in [4.69, 9.17) is 0 Å². The summed E-state index contributed by atoms with van der Waals surface area (Å²) in [5.74, 6) is 0.362. The fourth-order valence-corrected chi connectivity index (χ4v) is 5.64. The molecule has 0 radical (unpaired) electrons. The van der Waals surface area contributed by atoms with Gasteiger partial charge in [0.15, 0.2) is 11.0 Å². The molecule has 150 valence electrons. The zero-order chi connectivity index (χ0) is 20.0. The standard InChI is InChI=1S/C21H21FN4OS2/c1-13(20(27)25-10-8-18-14(12-25)9-11-28-18)29-21-24-23-19(26(21)15-6-7-15)16-4-2-3-5-17(16)22/h2-5,9,11,13,15H,6-8,10,12H2,1H3. The van der Waals surface area contributed by atoms with Crippen molar-refractivity contribution in [2.24, 2.45) is 0 Å². The third-order valence-corrected chi connectivity index (χ3v) is 7.51. The van der Waals surface area contributed by atoms with Crippen molar-refractivity contribution in [3.63, 3.8) is 0 Å². The maximum atomic E-state index is 14.3. The number of fused-ring (bicyclic) bond motifs is 1. The third kappa shape index (κ3) is 3.59. The van der Waals surface area contributed by atoms with E-state index < -0.39 is 0 Å². The van der Waals surface area contributed by atoms with Crippen molar-refractivity contribution in [1.82, 2.24) is 19.7 Å². The molecule has 2 aliphatic rings. The molecule has 1 aliphatic heterocycles. The normalized spacial score (nSPS) is 17.2. The molecule has 1 unspecified atom stereocenters. The second kappa shape index (κ2) is 7.57. The molecule has 1 aliphatic carbocycles. The van der Waals surface area contributed by atoms with Gasteiger partial charge < -0.3 is 4.90 Å². The summed E-state index contributed by atoms with van der Waals surface area (Å²) in [6.07, 6.45) is 2.98. The molecular formula is C21H21FN4OS2. The van der Waals surface area contributed by atoms with Crippen molar-refractivity contribution in [3.8, 4) is 11.4 Å². The number of thioether (sulfide) groups is 1. The fraction of sp³-hybridized carbons (Fsp3) is 0.381. The summed E-state index contributed by atoms with van der Waals surface area (Å²) in [5.41, 5.74) is 1.72. The van der Waals surface area contributed by atoms with E-state index in [1.807, 2.05) is 16.4 Å². The fourth-order valence-electron chi connectivity index (χ4n) is 3.75. The van der Waals surface area contributed by atoms with Crippen LogP contribution in [0, 0.1) is 5.82 Å². The third-order valence-electron chi connectivity index (χ3n) is 5.44. The van der Waals surface area contributed by atoms with E-state index in [0.29, 0.717) is 23.1 Å². The predicted octanol–water partition coefficient (Wildman–Crippen LogP) is 4.55. The monoisotopic (exact) mass is 428 g/mol. The van der Waals surface area contributed by atoms with Gasteiger partial charge in [-0.2, -0.15) is 0 Å². The van der Waals surface area contributed by atoms with Crippen molar-refractivity contribution in [1.29, 1.82) is 0 Å². The summed E-state index contributed by atoms with van der Waals surface area (Å²) < 4.78 is 16.3. The molecule has 1 saturated carbocycles. The minimum Gasteiger partial charge on any atom is -0.337 e. The largest absolute Gasteiger partial charge is 0.337 e. The van der Waals surface area contributed by atoms with Gasteiger partial charge in [0.2, 0.25) is 5.91 Å². The lowest BCUT2D eigenvalue weighted by molar-refractivity contribution is -0.131. The summed E-state index contributed by atoms with van der Waals surface area (Å²) in [6.45, 7) is 3.36. The molecule has 1 fully saturated rings. The number of nitrogens with zero attached hydrogens (tertiary/aromatic N) is 4. The molecule has 1 aromatic carbocycles. The SMILES string of the molecule is CC(Sc1nnc(-c2ccccc2F)n1C1CC1)C(=O)N1CCc2sccc2C1. The Hall–Kier alpha value is -2.19. The molecule has 8 heteroatoms. The van der Waals surface area contributed by atoms with Gasteiger partial charge in [0.05, 0.1) is 10.8 Å². The van der Waals surface area contributed by atoms with E-state index in [0.717, 1.165) is 25.8 Å². The van der Waals surface area contributed by atoms with Gasteiger partial charge in [-0.25, -0.2) is 4.39 Å². The van der Waals surface area contributed by atoms with Gasteiger partial charge in [0.25, 0.3) is 0 Å². The first-order chi connectivity index (χ1) is 14.1. The van der Waals surface area contributed by atoms with Crippen LogP contribution in [0.1, 0.15) is 36.2 Å². The molecule has 0 bridgehead atoms. The van der Waals surface area contributed by atoms with E-state index in [9.17, 15) is 9.18 Å². The Morgan fingerprint density at radius 2 is 2.10 bits per heavy atom. The van der Waals surface area contributed by atoms with Crippen LogP contribution in [0.4, 0.5) is 4.39 Å². The average molecular weight is 429 g/mol. The van der Waals surface area contributed by atoms with Crippen molar-refractivity contribution in [3.05, 3.63) is 52.0 Å². The Morgan fingerprint density at radius 3 is 2.90 bits per heavy atom. The topological polar surface area (TPSA) is 51.0 Å². The van der Waals surface area contributed by atoms with E-state index in [1.165, 1.54) is 28.3 Å². The van der Waals surface area contributed by atoms with Gasteiger partial charge in [0, 0.05) is 24.0 Å². The Labute approximate surface area is 176 Å². The van der Waals surface area contributed by atoms with Crippen LogP contribution in [0.5, 0.6) is 0 Å². The number of carbonyl (C=O) groups excluding carboxylic acids is 1. The maximum Gasteiger partial charge on any atom is 0.236 e. The number of aromatic nitrogens is 3. The number of rotatable bonds is 5. The smallest absolute Gasteiger partial charge is 0.236 e. The summed E-state index contributed by atoms with van der Waals surface area (Å²) >= 11 is 3.19. The van der Waals surface area contributed by atoms with Crippen LogP contribution in [0.3, 0.4) is 0 Å². The van der Waals surface area contributed by atoms with E-state index in [1.54, 1.807) is 29.5 Å². The molecule has 1 amide bonds. The van der Waals surface area contributed by atoms with E-state index in [2.05, 4.69) is 21.6 Å². The van der Waals surface area contributed by atoms with Crippen molar-refractivity contribution < 1.29 is 9.18 Å². The first-order valence-corrected chi connectivity index (χ1v) is 11.6. The highest BCUT2D eigenvalue weighted by atomic mass is 32.2. The average Bonchev–Trinajstić information content (AvgIpc) is 3.31. The van der Waals surface area contributed by atoms with Gasteiger partial charge in [-0.05, 0) is 55.3 Å². The maximum absolute atomic E-state index is 14.3. The van der Waals surface area contributed by atoms with Crippen LogP contribution in [0.25, 0.3) is 11.4 Å². The van der Waals surface area contributed by atoms with Crippen molar-refractivity contribution in [2.45, 2.75) is 49.2 Å². The van der Waals surface area contributed by atoms with Crippen LogP contribution < -0.4 is 0 Å². The molecule has 0 saturated heterocycles. The van der Waals surface area contributed by atoms with Crippen LogP contribution in [-0.2, 0) is 17.8 Å². The quantitative estimate of drug-likeness (QED) is 0.560. The minimum atomic E-state index is -0.303. The molecule has 0 spiro atoms. The Morgan fingerprint density at radius 1 is 1.28 bits per heavy atom. The summed E-state index contributed by atoms with van der Waals surface area (Å²) in [5, 5.41) is 11.1. The molecular weight excluding hydrogens is 407 g/mol. The number of hydrogen-bond acceptors (Lipinski definition) is 5. The van der Waals surface area contributed by atoms with Crippen LogP contribution >= 0.6 is 23.1 Å². The molecule has 3 aromatic rings. The molecule has 29 heavy (non-hydrogen) atoms. The van der Waals surface area contributed by atoms with Gasteiger partial charge in [-0.1, -0.05) is 23.9 Å². The summed E-state index contributed by atoms with van der Waals surface area (Å²) in [4.78, 5) is 16.4. The van der Waals surface area contributed by atoms with Gasteiger partial charge in [-0.3, -0.25) is 9.36 Å². The predicted molar refractivity (Wildman–Crippen MR) is 112 cm³/mol. The minimum absolute atomic E-state index is 0.115. The highest BCUT2D eigenvalue weighted by molar-refractivity contribution is 8.00. The van der Waals surface area contributed by atoms with Gasteiger partial charge in [-0.15, -0.1) is 21.5 Å². The first-order valence-electron chi connectivity index (χ1n) is 9.82. The highest BCUT2D eigenvalue weighted by Crippen LogP contribution is 2.42. The zero-order valence-corrected chi connectivity index (χ0v) is 17.7. The summed E-state index contributed by atoms with van der Waals surface area (Å²) in [7, 11) is 0. The summed E-state index contributed by atoms with van der Waals surface area (Å²) in [6, 6.07) is 9.04. The molecule has 5 nitrogen and oxygen atoms in total. The van der Waals surface area contributed by atoms with Gasteiger partial charge >= 0.3 is 0 Å². The zero-order valence-electron chi connectivity index (χ0n) is 16.0. The Balaban J connectivity index is 1.37. The number of thiophene rings is 1. The lowest BCUT2D eigenvalue weighted by Gasteiger charge is -2.29. The molecule has 2 aromatic heterocycles. The highest BCUT2D eigenvalue weighted by Gasteiger charge is 2.33. The number of halogens is 1. The van der Waals surface area contributed by atoms with E-state index >= 15 is 0 Å². The lowest BCUT2D eigenvalue weighted by Crippen LogP contribution is -2.39. The second-order valence-electron chi connectivity index (χ2n) is 7.53. The number of carbonyl (C=O) groups is 1. The second-order valence-corrected chi connectivity index (χ2v) is 9.83. The number of hydrogen-bond donors (Lipinski definition) is 0. The molecule has 3 heterocycles. The van der Waals surface area contributed by atoms with Crippen molar-refractivity contribution >= 4 is 29.0 Å². The number of benzene rings is 1. The Kier molecular flexibility index (Phi) is 4.91. The molecule has 1 atom stereocenters. The van der Waals surface area contributed by atoms with Crippen molar-refractivity contribution in [2.75, 3.05) is 6.54 Å².